The van der Waals surface area contributed by atoms with Crippen LogP contribution in [0.1, 0.15) is 35.3 Å². The van der Waals surface area contributed by atoms with E-state index in [1.165, 1.54) is 16.7 Å². The Bertz CT molecular complexity index is 488. The summed E-state index contributed by atoms with van der Waals surface area (Å²) in [6.45, 7) is 7.19. The summed E-state index contributed by atoms with van der Waals surface area (Å²) in [5.74, 6) is 0. The van der Waals surface area contributed by atoms with Crippen molar-refractivity contribution in [1.29, 1.82) is 0 Å². The number of nitrogens with zero attached hydrogens (tertiary/aromatic N) is 1. The SMILES string of the molecule is Cc1cccc([C@H](C)NCc2cn[nH]c2C)c1. The zero-order valence-corrected chi connectivity index (χ0v) is 10.6. The van der Waals surface area contributed by atoms with E-state index in [0.29, 0.717) is 6.04 Å². The number of H-pyrrole nitrogens is 1. The molecule has 0 bridgehead atoms. The van der Waals surface area contributed by atoms with Gasteiger partial charge in [0.25, 0.3) is 0 Å². The van der Waals surface area contributed by atoms with Gasteiger partial charge in [-0.1, -0.05) is 29.8 Å². The maximum atomic E-state index is 4.02. The number of aromatic amines is 1. The molecule has 0 aliphatic carbocycles. The fraction of sp³-hybridized carbons (Fsp3) is 0.357. The van der Waals surface area contributed by atoms with Crippen LogP contribution in [-0.4, -0.2) is 10.2 Å². The van der Waals surface area contributed by atoms with E-state index < -0.39 is 0 Å². The Morgan fingerprint density at radius 2 is 2.18 bits per heavy atom. The normalized spacial score (nSPS) is 12.6. The summed E-state index contributed by atoms with van der Waals surface area (Å²) >= 11 is 0. The molecule has 1 heterocycles. The van der Waals surface area contributed by atoms with Crippen molar-refractivity contribution in [3.8, 4) is 0 Å². The van der Waals surface area contributed by atoms with E-state index in [1.54, 1.807) is 0 Å². The predicted molar refractivity (Wildman–Crippen MR) is 69.8 cm³/mol. The molecule has 0 spiro atoms. The Hall–Kier alpha value is -1.61. The van der Waals surface area contributed by atoms with E-state index in [0.717, 1.165) is 12.2 Å². The minimum absolute atomic E-state index is 0.351. The molecule has 0 amide bonds. The summed E-state index contributed by atoms with van der Waals surface area (Å²) < 4.78 is 0. The topological polar surface area (TPSA) is 40.7 Å². The Balaban J connectivity index is 1.98. The highest BCUT2D eigenvalue weighted by Gasteiger charge is 2.06. The number of aromatic nitrogens is 2. The fourth-order valence-corrected chi connectivity index (χ4v) is 1.87. The van der Waals surface area contributed by atoms with Crippen LogP contribution in [0.5, 0.6) is 0 Å². The van der Waals surface area contributed by atoms with Crippen molar-refractivity contribution in [3.63, 3.8) is 0 Å². The summed E-state index contributed by atoms with van der Waals surface area (Å²) in [5.41, 5.74) is 4.99. The van der Waals surface area contributed by atoms with Gasteiger partial charge in [0.2, 0.25) is 0 Å². The minimum atomic E-state index is 0.351. The Morgan fingerprint density at radius 3 is 2.82 bits per heavy atom. The van der Waals surface area contributed by atoms with Crippen LogP contribution in [0.2, 0.25) is 0 Å². The van der Waals surface area contributed by atoms with Crippen molar-refractivity contribution in [1.82, 2.24) is 15.5 Å². The molecule has 1 atom stereocenters. The zero-order valence-electron chi connectivity index (χ0n) is 10.6. The lowest BCUT2D eigenvalue weighted by atomic mass is 10.1. The quantitative estimate of drug-likeness (QED) is 0.846. The van der Waals surface area contributed by atoms with Gasteiger partial charge in [-0.05, 0) is 26.3 Å². The van der Waals surface area contributed by atoms with Gasteiger partial charge in [-0.25, -0.2) is 0 Å². The second-order valence-electron chi connectivity index (χ2n) is 4.54. The lowest BCUT2D eigenvalue weighted by Gasteiger charge is -2.14. The summed E-state index contributed by atoms with van der Waals surface area (Å²) in [6, 6.07) is 8.96. The highest BCUT2D eigenvalue weighted by atomic mass is 15.1. The molecule has 1 aromatic carbocycles. The minimum Gasteiger partial charge on any atom is -0.306 e. The molecule has 1 aromatic heterocycles. The summed E-state index contributed by atoms with van der Waals surface area (Å²) in [7, 11) is 0. The number of nitrogens with one attached hydrogen (secondary N) is 2. The van der Waals surface area contributed by atoms with Gasteiger partial charge in [-0.3, -0.25) is 5.10 Å². The fourth-order valence-electron chi connectivity index (χ4n) is 1.87. The highest BCUT2D eigenvalue weighted by molar-refractivity contribution is 5.25. The van der Waals surface area contributed by atoms with Crippen molar-refractivity contribution in [3.05, 3.63) is 52.8 Å². The summed E-state index contributed by atoms with van der Waals surface area (Å²) in [5, 5.41) is 10.5. The monoisotopic (exact) mass is 229 g/mol. The first-order valence-electron chi connectivity index (χ1n) is 5.95. The molecule has 0 radical (unpaired) electrons. The molecule has 2 aromatic rings. The zero-order chi connectivity index (χ0) is 12.3. The lowest BCUT2D eigenvalue weighted by molar-refractivity contribution is 0.573. The molecule has 0 aliphatic rings. The number of hydrogen-bond donors (Lipinski definition) is 2. The van der Waals surface area contributed by atoms with Crippen LogP contribution in [0.15, 0.2) is 30.5 Å². The molecule has 90 valence electrons. The van der Waals surface area contributed by atoms with E-state index >= 15 is 0 Å². The van der Waals surface area contributed by atoms with Crippen LogP contribution in [0.4, 0.5) is 0 Å². The van der Waals surface area contributed by atoms with Crippen LogP contribution >= 0.6 is 0 Å². The molecule has 3 heteroatoms. The standard InChI is InChI=1S/C14H19N3/c1-10-5-4-6-13(7-10)11(2)15-8-14-9-16-17-12(14)3/h4-7,9,11,15H,8H2,1-3H3,(H,16,17)/t11-/m0/s1. The summed E-state index contributed by atoms with van der Waals surface area (Å²) in [6.07, 6.45) is 1.88. The highest BCUT2D eigenvalue weighted by Crippen LogP contribution is 2.14. The second-order valence-corrected chi connectivity index (χ2v) is 4.54. The van der Waals surface area contributed by atoms with Crippen LogP contribution < -0.4 is 5.32 Å². The van der Waals surface area contributed by atoms with E-state index in [9.17, 15) is 0 Å². The van der Waals surface area contributed by atoms with Gasteiger partial charge in [0, 0.05) is 23.8 Å². The molecule has 2 N–H and O–H groups in total. The third-order valence-corrected chi connectivity index (χ3v) is 3.08. The van der Waals surface area contributed by atoms with E-state index in [2.05, 4.69) is 53.6 Å². The molecule has 0 saturated carbocycles. The average molecular weight is 229 g/mol. The third kappa shape index (κ3) is 2.94. The maximum Gasteiger partial charge on any atom is 0.0535 e. The smallest absolute Gasteiger partial charge is 0.0535 e. The third-order valence-electron chi connectivity index (χ3n) is 3.08. The van der Waals surface area contributed by atoms with E-state index in [4.69, 9.17) is 0 Å². The first kappa shape index (κ1) is 11.9. The number of aryl methyl sites for hydroxylation is 2. The molecular formula is C14H19N3. The van der Waals surface area contributed by atoms with E-state index in [1.807, 2.05) is 13.1 Å². The second kappa shape index (κ2) is 5.15. The van der Waals surface area contributed by atoms with Crippen molar-refractivity contribution in [2.75, 3.05) is 0 Å². The number of benzene rings is 1. The van der Waals surface area contributed by atoms with Gasteiger partial charge >= 0.3 is 0 Å². The Morgan fingerprint density at radius 1 is 1.35 bits per heavy atom. The molecular weight excluding hydrogens is 210 g/mol. The molecule has 2 rings (SSSR count). The van der Waals surface area contributed by atoms with Gasteiger partial charge in [0.05, 0.1) is 6.20 Å². The van der Waals surface area contributed by atoms with E-state index in [-0.39, 0.29) is 0 Å². The van der Waals surface area contributed by atoms with Crippen LogP contribution in [0.3, 0.4) is 0 Å². The largest absolute Gasteiger partial charge is 0.306 e. The molecule has 0 saturated heterocycles. The number of hydrogen-bond acceptors (Lipinski definition) is 2. The van der Waals surface area contributed by atoms with Gasteiger partial charge in [0.1, 0.15) is 0 Å². The van der Waals surface area contributed by atoms with Gasteiger partial charge < -0.3 is 5.32 Å². The first-order valence-corrected chi connectivity index (χ1v) is 5.95. The van der Waals surface area contributed by atoms with Gasteiger partial charge in [0.15, 0.2) is 0 Å². The van der Waals surface area contributed by atoms with Crippen molar-refractivity contribution in [2.24, 2.45) is 0 Å². The van der Waals surface area contributed by atoms with Crippen LogP contribution in [-0.2, 0) is 6.54 Å². The van der Waals surface area contributed by atoms with Crippen molar-refractivity contribution in [2.45, 2.75) is 33.4 Å². The molecule has 0 aliphatic heterocycles. The van der Waals surface area contributed by atoms with Crippen LogP contribution in [0.25, 0.3) is 0 Å². The Kier molecular flexibility index (Phi) is 3.59. The lowest BCUT2D eigenvalue weighted by Crippen LogP contribution is -2.18. The Labute approximate surface area is 102 Å². The van der Waals surface area contributed by atoms with Crippen molar-refractivity contribution >= 4 is 0 Å². The van der Waals surface area contributed by atoms with Crippen LogP contribution in [0, 0.1) is 13.8 Å². The molecule has 17 heavy (non-hydrogen) atoms. The molecule has 3 nitrogen and oxygen atoms in total. The van der Waals surface area contributed by atoms with Gasteiger partial charge in [-0.2, -0.15) is 5.10 Å². The predicted octanol–water partition coefficient (Wildman–Crippen LogP) is 2.88. The first-order chi connectivity index (χ1) is 8.16. The molecule has 0 unspecified atom stereocenters. The summed E-state index contributed by atoms with van der Waals surface area (Å²) in [4.78, 5) is 0. The average Bonchev–Trinajstić information content (AvgIpc) is 2.72. The van der Waals surface area contributed by atoms with Gasteiger partial charge in [-0.15, -0.1) is 0 Å². The number of rotatable bonds is 4. The maximum absolute atomic E-state index is 4.02. The van der Waals surface area contributed by atoms with Crippen molar-refractivity contribution < 1.29 is 0 Å². The molecule has 0 fully saturated rings.